The highest BCUT2D eigenvalue weighted by molar-refractivity contribution is 7.47. The summed E-state index contributed by atoms with van der Waals surface area (Å²) in [5.74, 6) is -0.839. The first-order chi connectivity index (χ1) is 24.8. The molecular formula is C41H78NO8P. The third-order valence-electron chi connectivity index (χ3n) is 8.84. The van der Waals surface area contributed by atoms with Gasteiger partial charge in [-0.1, -0.05) is 160 Å². The third-order valence-corrected chi connectivity index (χ3v) is 9.82. The van der Waals surface area contributed by atoms with Crippen LogP contribution in [0.25, 0.3) is 0 Å². The first-order valence-electron chi connectivity index (χ1n) is 20.8. The van der Waals surface area contributed by atoms with Crippen molar-refractivity contribution in [3.63, 3.8) is 0 Å². The molecule has 0 aliphatic carbocycles. The minimum Gasteiger partial charge on any atom is -0.462 e. The molecule has 0 bridgehead atoms. The lowest BCUT2D eigenvalue weighted by atomic mass is 10.0. The molecule has 0 amide bonds. The molecule has 0 heterocycles. The summed E-state index contributed by atoms with van der Waals surface area (Å²) in [7, 11) is -4.37. The zero-order valence-corrected chi connectivity index (χ0v) is 33.7. The zero-order valence-electron chi connectivity index (χ0n) is 32.8. The summed E-state index contributed by atoms with van der Waals surface area (Å²) in [6.07, 6.45) is 39.1. The largest absolute Gasteiger partial charge is 0.472 e. The van der Waals surface area contributed by atoms with E-state index in [1.807, 2.05) is 0 Å². The molecule has 300 valence electrons. The molecular weight excluding hydrogens is 665 g/mol. The number of esters is 2. The van der Waals surface area contributed by atoms with E-state index in [0.717, 1.165) is 57.8 Å². The Balaban J connectivity index is 4.18. The molecule has 0 rings (SSSR count). The summed E-state index contributed by atoms with van der Waals surface area (Å²) in [6, 6.07) is 0. The van der Waals surface area contributed by atoms with Crippen LogP contribution in [0.1, 0.15) is 194 Å². The van der Waals surface area contributed by atoms with Gasteiger partial charge in [0.1, 0.15) is 6.61 Å². The summed E-state index contributed by atoms with van der Waals surface area (Å²) >= 11 is 0. The van der Waals surface area contributed by atoms with E-state index >= 15 is 0 Å². The Morgan fingerprint density at radius 3 is 1.53 bits per heavy atom. The number of rotatable bonds is 39. The van der Waals surface area contributed by atoms with Crippen molar-refractivity contribution in [2.24, 2.45) is 5.73 Å². The molecule has 2 unspecified atom stereocenters. The van der Waals surface area contributed by atoms with Crippen LogP contribution in [0, 0.1) is 0 Å². The zero-order chi connectivity index (χ0) is 37.5. The number of allylic oxidation sites excluding steroid dienone is 4. The van der Waals surface area contributed by atoms with Gasteiger partial charge in [-0.25, -0.2) is 4.57 Å². The number of hydrogen-bond donors (Lipinski definition) is 2. The second-order valence-electron chi connectivity index (χ2n) is 13.9. The van der Waals surface area contributed by atoms with E-state index < -0.39 is 26.5 Å². The quantitative estimate of drug-likeness (QED) is 0.0273. The van der Waals surface area contributed by atoms with E-state index in [4.69, 9.17) is 24.3 Å². The van der Waals surface area contributed by atoms with Gasteiger partial charge < -0.3 is 20.1 Å². The van der Waals surface area contributed by atoms with Crippen molar-refractivity contribution in [2.75, 3.05) is 26.4 Å². The fraction of sp³-hybridized carbons (Fsp3) is 0.854. The predicted molar refractivity (Wildman–Crippen MR) is 211 cm³/mol. The lowest BCUT2D eigenvalue weighted by Gasteiger charge is -2.19. The van der Waals surface area contributed by atoms with E-state index in [0.29, 0.717) is 6.42 Å². The molecule has 0 aliphatic heterocycles. The van der Waals surface area contributed by atoms with Crippen LogP contribution in [0.2, 0.25) is 0 Å². The molecule has 2 atom stereocenters. The maximum atomic E-state index is 12.5. The van der Waals surface area contributed by atoms with Crippen LogP contribution in [-0.4, -0.2) is 49.3 Å². The number of nitrogens with two attached hydrogens (primary N) is 1. The molecule has 10 heteroatoms. The van der Waals surface area contributed by atoms with Gasteiger partial charge in [0.15, 0.2) is 6.10 Å². The van der Waals surface area contributed by atoms with Crippen molar-refractivity contribution >= 4 is 19.8 Å². The summed E-state index contributed by atoms with van der Waals surface area (Å²) in [5.41, 5.74) is 5.34. The number of carbonyl (C=O) groups excluding carboxylic acids is 2. The third kappa shape index (κ3) is 38.0. The fourth-order valence-electron chi connectivity index (χ4n) is 5.72. The molecule has 0 radical (unpaired) electrons. The normalized spacial score (nSPS) is 13.6. The Hall–Kier alpha value is -1.51. The van der Waals surface area contributed by atoms with Gasteiger partial charge in [0.25, 0.3) is 0 Å². The second kappa shape index (κ2) is 38.2. The summed E-state index contributed by atoms with van der Waals surface area (Å²) in [4.78, 5) is 34.8. The van der Waals surface area contributed by atoms with Crippen LogP contribution in [0.3, 0.4) is 0 Å². The van der Waals surface area contributed by atoms with Crippen molar-refractivity contribution < 1.29 is 37.6 Å². The smallest absolute Gasteiger partial charge is 0.462 e. The number of phosphoric ester groups is 1. The van der Waals surface area contributed by atoms with Gasteiger partial charge in [0.2, 0.25) is 0 Å². The van der Waals surface area contributed by atoms with Crippen molar-refractivity contribution in [1.82, 2.24) is 0 Å². The Morgan fingerprint density at radius 2 is 1.02 bits per heavy atom. The lowest BCUT2D eigenvalue weighted by Crippen LogP contribution is -2.29. The molecule has 3 N–H and O–H groups in total. The molecule has 0 aromatic heterocycles. The Bertz CT molecular complexity index is 897. The van der Waals surface area contributed by atoms with Gasteiger partial charge in [-0.05, 0) is 44.9 Å². The Kier molecular flexibility index (Phi) is 37.1. The summed E-state index contributed by atoms with van der Waals surface area (Å²) in [6.45, 7) is 3.70. The SMILES string of the molecule is CCCCCC=CCC=CCCCCCCCC(=O)OC(COC(=O)CCCCCCCCCCCCCCCCC)COP(=O)(O)OCCN. The molecule has 0 spiro atoms. The Morgan fingerprint density at radius 1 is 0.588 bits per heavy atom. The summed E-state index contributed by atoms with van der Waals surface area (Å²) < 4.78 is 32.7. The van der Waals surface area contributed by atoms with E-state index in [2.05, 4.69) is 38.2 Å². The average Bonchev–Trinajstić information content (AvgIpc) is 3.11. The van der Waals surface area contributed by atoms with Gasteiger partial charge in [0.05, 0.1) is 13.2 Å². The van der Waals surface area contributed by atoms with Crippen LogP contribution in [0.5, 0.6) is 0 Å². The predicted octanol–water partition coefficient (Wildman–Crippen LogP) is 11.6. The molecule has 51 heavy (non-hydrogen) atoms. The average molecular weight is 744 g/mol. The number of ether oxygens (including phenoxy) is 2. The van der Waals surface area contributed by atoms with Crippen LogP contribution >= 0.6 is 7.82 Å². The monoisotopic (exact) mass is 744 g/mol. The molecule has 0 aromatic rings. The molecule has 9 nitrogen and oxygen atoms in total. The second-order valence-corrected chi connectivity index (χ2v) is 15.3. The number of unbranched alkanes of at least 4 members (excludes halogenated alkanes) is 22. The van der Waals surface area contributed by atoms with Crippen molar-refractivity contribution in [1.29, 1.82) is 0 Å². The Labute approximate surface area is 312 Å². The molecule has 0 saturated carbocycles. The van der Waals surface area contributed by atoms with Crippen LogP contribution in [-0.2, 0) is 32.7 Å². The minimum absolute atomic E-state index is 0.0524. The van der Waals surface area contributed by atoms with Crippen molar-refractivity contribution in [2.45, 2.75) is 200 Å². The first kappa shape index (κ1) is 49.5. The number of carbonyl (C=O) groups is 2. The van der Waals surface area contributed by atoms with Crippen LogP contribution < -0.4 is 5.73 Å². The van der Waals surface area contributed by atoms with Gasteiger partial charge in [0, 0.05) is 19.4 Å². The summed E-state index contributed by atoms with van der Waals surface area (Å²) in [5, 5.41) is 0. The van der Waals surface area contributed by atoms with E-state index in [1.54, 1.807) is 0 Å². The number of phosphoric acid groups is 1. The topological polar surface area (TPSA) is 134 Å². The molecule has 0 saturated heterocycles. The highest BCUT2D eigenvalue weighted by Crippen LogP contribution is 2.43. The van der Waals surface area contributed by atoms with Gasteiger partial charge >= 0.3 is 19.8 Å². The maximum Gasteiger partial charge on any atom is 0.472 e. The molecule has 0 aromatic carbocycles. The maximum absolute atomic E-state index is 12.5. The van der Waals surface area contributed by atoms with E-state index in [-0.39, 0.29) is 38.6 Å². The van der Waals surface area contributed by atoms with Crippen molar-refractivity contribution in [3.8, 4) is 0 Å². The standard InChI is InChI=1S/C41H78NO8P/c1-3-5-7-9-11-13-15-17-19-21-23-25-27-29-31-33-40(43)47-37-39(38-49-51(45,46)48-36-35-42)50-41(44)34-32-30-28-26-24-22-20-18-16-14-12-10-8-6-4-2/h12,14,18,20,39H,3-11,13,15-17,19,21-38,42H2,1-2H3,(H,45,46). The van der Waals surface area contributed by atoms with Gasteiger partial charge in [-0.2, -0.15) is 0 Å². The highest BCUT2D eigenvalue weighted by Gasteiger charge is 2.26. The van der Waals surface area contributed by atoms with Gasteiger partial charge in [-0.3, -0.25) is 18.6 Å². The van der Waals surface area contributed by atoms with Crippen LogP contribution in [0.4, 0.5) is 0 Å². The fourth-order valence-corrected chi connectivity index (χ4v) is 6.49. The molecule has 0 fully saturated rings. The van der Waals surface area contributed by atoms with Gasteiger partial charge in [-0.15, -0.1) is 0 Å². The minimum atomic E-state index is -4.37. The number of hydrogen-bond acceptors (Lipinski definition) is 8. The van der Waals surface area contributed by atoms with E-state index in [1.165, 1.54) is 103 Å². The molecule has 0 aliphatic rings. The lowest BCUT2D eigenvalue weighted by molar-refractivity contribution is -0.161. The highest BCUT2D eigenvalue weighted by atomic mass is 31.2. The van der Waals surface area contributed by atoms with Crippen LogP contribution in [0.15, 0.2) is 24.3 Å². The van der Waals surface area contributed by atoms with Crippen molar-refractivity contribution in [3.05, 3.63) is 24.3 Å². The first-order valence-corrected chi connectivity index (χ1v) is 22.3. The van der Waals surface area contributed by atoms with E-state index in [9.17, 15) is 19.0 Å².